The molecule has 4 heteroatoms. The Bertz CT molecular complexity index is 183. The van der Waals surface area contributed by atoms with Crippen LogP contribution in [0.1, 0.15) is 13.8 Å². The summed E-state index contributed by atoms with van der Waals surface area (Å²) in [7, 11) is 0. The second kappa shape index (κ2) is 2.87. The number of thioether (sulfide) groups is 1. The first kappa shape index (κ1) is 8.81. The Morgan fingerprint density at radius 3 is 2.92 bits per heavy atom. The average Bonchev–Trinajstić information content (AvgIpc) is 2.42. The molecule has 2 aliphatic heterocycles. The lowest BCUT2D eigenvalue weighted by molar-refractivity contribution is -0.146. The third kappa shape index (κ3) is 1.37. The summed E-state index contributed by atoms with van der Waals surface area (Å²) in [6.45, 7) is 4.03. The maximum Gasteiger partial charge on any atom is 0.163 e. The van der Waals surface area contributed by atoms with Crippen LogP contribution in [0.25, 0.3) is 0 Å². The summed E-state index contributed by atoms with van der Waals surface area (Å²) in [6.07, 6.45) is 0.275. The molecule has 0 aromatic rings. The van der Waals surface area contributed by atoms with Crippen molar-refractivity contribution in [3.05, 3.63) is 0 Å². The molecule has 0 aromatic heterocycles. The zero-order valence-corrected chi connectivity index (χ0v) is 8.13. The van der Waals surface area contributed by atoms with E-state index in [0.29, 0.717) is 0 Å². The van der Waals surface area contributed by atoms with E-state index in [1.807, 2.05) is 13.8 Å². The number of hydrogen-bond donors (Lipinski definition) is 1. The Morgan fingerprint density at radius 1 is 1.50 bits per heavy atom. The van der Waals surface area contributed by atoms with Gasteiger partial charge in [0.15, 0.2) is 5.79 Å². The highest BCUT2D eigenvalue weighted by atomic mass is 32.2. The summed E-state index contributed by atoms with van der Waals surface area (Å²) < 4.78 is 11.3. The van der Waals surface area contributed by atoms with Crippen molar-refractivity contribution in [3.63, 3.8) is 0 Å². The predicted molar refractivity (Wildman–Crippen MR) is 47.2 cm³/mol. The van der Waals surface area contributed by atoms with E-state index in [-0.39, 0.29) is 24.1 Å². The highest BCUT2D eigenvalue weighted by molar-refractivity contribution is 8.00. The van der Waals surface area contributed by atoms with Crippen molar-refractivity contribution in [2.45, 2.75) is 37.1 Å². The van der Waals surface area contributed by atoms with Crippen LogP contribution in [0.15, 0.2) is 0 Å². The molecule has 1 N–H and O–H groups in total. The Balaban J connectivity index is 2.06. The molecule has 0 unspecified atom stereocenters. The van der Waals surface area contributed by atoms with Gasteiger partial charge in [-0.2, -0.15) is 11.8 Å². The maximum atomic E-state index is 9.03. The Hall–Kier alpha value is 0.230. The molecule has 3 atom stereocenters. The van der Waals surface area contributed by atoms with Crippen molar-refractivity contribution in [3.8, 4) is 0 Å². The molecule has 0 amide bonds. The van der Waals surface area contributed by atoms with Gasteiger partial charge in [-0.1, -0.05) is 0 Å². The molecule has 0 aromatic carbocycles. The molecule has 0 bridgehead atoms. The minimum absolute atomic E-state index is 0.0926. The van der Waals surface area contributed by atoms with Crippen LogP contribution in [0.5, 0.6) is 0 Å². The predicted octanol–water partition coefficient (Wildman–Crippen LogP) is 0.614. The summed E-state index contributed by atoms with van der Waals surface area (Å²) in [5.41, 5.74) is 0. The molecule has 0 radical (unpaired) electrons. The van der Waals surface area contributed by atoms with Crippen LogP contribution in [-0.2, 0) is 9.47 Å². The molecule has 2 aliphatic rings. The van der Waals surface area contributed by atoms with E-state index in [4.69, 9.17) is 14.6 Å². The number of aliphatic hydroxyl groups excluding tert-OH is 1. The van der Waals surface area contributed by atoms with Crippen molar-refractivity contribution < 1.29 is 14.6 Å². The highest BCUT2D eigenvalue weighted by Gasteiger charge is 2.49. The van der Waals surface area contributed by atoms with Crippen LogP contribution in [0.3, 0.4) is 0 Å². The van der Waals surface area contributed by atoms with Crippen molar-refractivity contribution in [2.75, 3.05) is 12.4 Å². The van der Waals surface area contributed by atoms with Gasteiger partial charge in [-0.25, -0.2) is 0 Å². The first-order chi connectivity index (χ1) is 5.62. The molecule has 2 heterocycles. The molecular formula is C8H14O3S. The summed E-state index contributed by atoms with van der Waals surface area (Å²) in [5.74, 6) is 0.489. The first-order valence-electron chi connectivity index (χ1n) is 4.20. The Labute approximate surface area is 76.4 Å². The summed E-state index contributed by atoms with van der Waals surface area (Å²) in [4.78, 5) is 0. The monoisotopic (exact) mass is 190 g/mol. The molecule has 70 valence electrons. The van der Waals surface area contributed by atoms with Crippen molar-refractivity contribution >= 4 is 11.8 Å². The fourth-order valence-corrected chi connectivity index (χ4v) is 3.00. The first-order valence-corrected chi connectivity index (χ1v) is 5.25. The quantitative estimate of drug-likeness (QED) is 0.657. The second-order valence-electron chi connectivity index (χ2n) is 3.69. The van der Waals surface area contributed by atoms with Crippen molar-refractivity contribution in [1.29, 1.82) is 0 Å². The molecular weight excluding hydrogens is 176 g/mol. The second-order valence-corrected chi connectivity index (χ2v) is 4.97. The summed E-state index contributed by atoms with van der Waals surface area (Å²) >= 11 is 1.74. The lowest BCUT2D eigenvalue weighted by atomic mass is 10.2. The maximum absolute atomic E-state index is 9.03. The van der Waals surface area contributed by atoms with Gasteiger partial charge in [0.25, 0.3) is 0 Å². The SMILES string of the molecule is CC1(C)O[C@H]2[C@H](CS[C@H]2CO)O1. The molecule has 0 aliphatic carbocycles. The van der Waals surface area contributed by atoms with Crippen LogP contribution in [-0.4, -0.2) is 40.7 Å². The van der Waals surface area contributed by atoms with Gasteiger partial charge in [0.05, 0.1) is 18.0 Å². The van der Waals surface area contributed by atoms with E-state index in [1.165, 1.54) is 0 Å². The fraction of sp³-hybridized carbons (Fsp3) is 1.00. The van der Waals surface area contributed by atoms with Gasteiger partial charge in [-0.15, -0.1) is 0 Å². The van der Waals surface area contributed by atoms with E-state index >= 15 is 0 Å². The zero-order chi connectivity index (χ0) is 8.77. The van der Waals surface area contributed by atoms with E-state index in [0.717, 1.165) is 5.75 Å². The number of hydrogen-bond acceptors (Lipinski definition) is 4. The molecule has 3 nitrogen and oxygen atoms in total. The molecule has 2 rings (SSSR count). The number of ether oxygens (including phenoxy) is 2. The lowest BCUT2D eigenvalue weighted by Gasteiger charge is -2.20. The standard InChI is InChI=1S/C8H14O3S/c1-8(2)10-5-4-12-6(3-9)7(5)11-8/h5-7,9H,3-4H2,1-2H3/t5-,6-,7-/m0/s1. The van der Waals surface area contributed by atoms with Crippen LogP contribution in [0.4, 0.5) is 0 Å². The molecule has 0 saturated carbocycles. The summed E-state index contributed by atoms with van der Waals surface area (Å²) in [6, 6.07) is 0. The van der Waals surface area contributed by atoms with Crippen molar-refractivity contribution in [1.82, 2.24) is 0 Å². The fourth-order valence-electron chi connectivity index (χ4n) is 1.78. The normalized spacial score (nSPS) is 44.8. The van der Waals surface area contributed by atoms with Gasteiger partial charge in [-0.05, 0) is 13.8 Å². The van der Waals surface area contributed by atoms with Crippen LogP contribution in [0.2, 0.25) is 0 Å². The van der Waals surface area contributed by atoms with Crippen LogP contribution < -0.4 is 0 Å². The third-order valence-electron chi connectivity index (χ3n) is 2.24. The van der Waals surface area contributed by atoms with Gasteiger partial charge in [0, 0.05) is 5.75 Å². The minimum Gasteiger partial charge on any atom is -0.395 e. The van der Waals surface area contributed by atoms with Gasteiger partial charge in [0.1, 0.15) is 6.10 Å². The third-order valence-corrected chi connectivity index (χ3v) is 3.61. The minimum atomic E-state index is -0.455. The average molecular weight is 190 g/mol. The zero-order valence-electron chi connectivity index (χ0n) is 7.32. The van der Waals surface area contributed by atoms with Gasteiger partial charge in [-0.3, -0.25) is 0 Å². The number of fused-ring (bicyclic) bond motifs is 1. The Morgan fingerprint density at radius 2 is 2.25 bits per heavy atom. The smallest absolute Gasteiger partial charge is 0.163 e. The van der Waals surface area contributed by atoms with Crippen LogP contribution >= 0.6 is 11.8 Å². The molecule has 2 fully saturated rings. The lowest BCUT2D eigenvalue weighted by Crippen LogP contribution is -2.29. The van der Waals surface area contributed by atoms with E-state index in [1.54, 1.807) is 11.8 Å². The molecule has 12 heavy (non-hydrogen) atoms. The molecule has 2 saturated heterocycles. The van der Waals surface area contributed by atoms with E-state index in [9.17, 15) is 0 Å². The summed E-state index contributed by atoms with van der Waals surface area (Å²) in [5, 5.41) is 9.23. The van der Waals surface area contributed by atoms with E-state index < -0.39 is 5.79 Å². The van der Waals surface area contributed by atoms with Gasteiger partial charge >= 0.3 is 0 Å². The van der Waals surface area contributed by atoms with Gasteiger partial charge in [0.2, 0.25) is 0 Å². The Kier molecular flexibility index (Phi) is 2.11. The van der Waals surface area contributed by atoms with Crippen LogP contribution in [0, 0.1) is 0 Å². The number of rotatable bonds is 1. The topological polar surface area (TPSA) is 38.7 Å². The van der Waals surface area contributed by atoms with Crippen molar-refractivity contribution in [2.24, 2.45) is 0 Å². The largest absolute Gasteiger partial charge is 0.395 e. The molecule has 0 spiro atoms. The van der Waals surface area contributed by atoms with Gasteiger partial charge < -0.3 is 14.6 Å². The van der Waals surface area contributed by atoms with E-state index in [2.05, 4.69) is 0 Å². The highest BCUT2D eigenvalue weighted by Crippen LogP contribution is 2.40. The number of aliphatic hydroxyl groups is 1.